The van der Waals surface area contributed by atoms with Crippen LogP contribution in [0.15, 0.2) is 18.2 Å². The molecule has 0 radical (unpaired) electrons. The van der Waals surface area contributed by atoms with Crippen molar-refractivity contribution in [2.75, 3.05) is 0 Å². The van der Waals surface area contributed by atoms with E-state index in [1.807, 2.05) is 0 Å². The predicted molar refractivity (Wildman–Crippen MR) is 58.8 cm³/mol. The fraction of sp³-hybridized carbons (Fsp3) is 0.100. The van der Waals surface area contributed by atoms with Gasteiger partial charge in [0.2, 0.25) is 5.91 Å². The average molecular weight is 239 g/mol. The van der Waals surface area contributed by atoms with Crippen LogP contribution in [0.25, 0.3) is 0 Å². The highest BCUT2D eigenvalue weighted by atomic mass is 35.5. The Labute approximate surface area is 96.3 Å². The number of amides is 1. The van der Waals surface area contributed by atoms with Crippen LogP contribution < -0.4 is 5.73 Å². The van der Waals surface area contributed by atoms with Crippen molar-refractivity contribution >= 4 is 23.2 Å². The Balaban J connectivity index is 3.14. The van der Waals surface area contributed by atoms with Crippen LogP contribution in [0, 0.1) is 22.0 Å². The summed E-state index contributed by atoms with van der Waals surface area (Å²) < 4.78 is 0. The highest BCUT2D eigenvalue weighted by molar-refractivity contribution is 6.32. The van der Waals surface area contributed by atoms with Crippen molar-refractivity contribution in [2.24, 2.45) is 5.73 Å². The summed E-state index contributed by atoms with van der Waals surface area (Å²) >= 11 is 5.77. The molecule has 6 heteroatoms. The maximum absolute atomic E-state index is 10.7. The van der Waals surface area contributed by atoms with Crippen LogP contribution in [-0.2, 0) is 4.79 Å². The van der Waals surface area contributed by atoms with Gasteiger partial charge in [0.05, 0.1) is 16.4 Å². The summed E-state index contributed by atoms with van der Waals surface area (Å²) in [6.45, 7) is 0. The van der Waals surface area contributed by atoms with Crippen LogP contribution in [-0.4, -0.2) is 10.8 Å². The lowest BCUT2D eigenvalue weighted by molar-refractivity contribution is -0.385. The monoisotopic (exact) mass is 238 g/mol. The molecule has 0 spiro atoms. The smallest absolute Gasteiger partial charge is 0.286 e. The van der Waals surface area contributed by atoms with E-state index in [9.17, 15) is 14.9 Å². The number of primary amides is 1. The number of nitrogens with two attached hydrogens (primary N) is 1. The third-order valence-electron chi connectivity index (χ3n) is 1.66. The number of carbonyl (C=O) groups is 1. The Bertz CT molecular complexity index is 503. The number of nitro groups is 1. The lowest BCUT2D eigenvalue weighted by atomic mass is 10.2. The van der Waals surface area contributed by atoms with Gasteiger partial charge in [-0.1, -0.05) is 29.5 Å². The van der Waals surface area contributed by atoms with E-state index in [0.29, 0.717) is 0 Å². The zero-order chi connectivity index (χ0) is 12.1. The molecule has 16 heavy (non-hydrogen) atoms. The van der Waals surface area contributed by atoms with Crippen molar-refractivity contribution in [1.82, 2.24) is 0 Å². The van der Waals surface area contributed by atoms with Gasteiger partial charge in [-0.2, -0.15) is 0 Å². The Morgan fingerprint density at radius 1 is 1.56 bits per heavy atom. The quantitative estimate of drug-likeness (QED) is 0.481. The van der Waals surface area contributed by atoms with Crippen molar-refractivity contribution in [1.29, 1.82) is 0 Å². The topological polar surface area (TPSA) is 86.2 Å². The van der Waals surface area contributed by atoms with Gasteiger partial charge in [0, 0.05) is 6.07 Å². The van der Waals surface area contributed by atoms with Crippen LogP contribution in [0.3, 0.4) is 0 Å². The van der Waals surface area contributed by atoms with E-state index in [1.165, 1.54) is 18.2 Å². The lowest BCUT2D eigenvalue weighted by Gasteiger charge is -1.97. The SMILES string of the molecule is NC(=O)CC#Cc1c(Cl)cccc1[N+](=O)[O-]. The Hall–Kier alpha value is -2.06. The van der Waals surface area contributed by atoms with Gasteiger partial charge in [0.15, 0.2) is 0 Å². The van der Waals surface area contributed by atoms with E-state index >= 15 is 0 Å². The summed E-state index contributed by atoms with van der Waals surface area (Å²) in [5.41, 5.74) is 4.79. The van der Waals surface area contributed by atoms with Gasteiger partial charge < -0.3 is 5.73 Å². The first-order chi connectivity index (χ1) is 7.52. The Morgan fingerprint density at radius 2 is 2.25 bits per heavy atom. The lowest BCUT2D eigenvalue weighted by Crippen LogP contribution is -2.08. The van der Waals surface area contributed by atoms with Gasteiger partial charge in [-0.3, -0.25) is 14.9 Å². The first kappa shape index (κ1) is 12.0. The fourth-order valence-corrected chi connectivity index (χ4v) is 1.23. The third-order valence-corrected chi connectivity index (χ3v) is 1.98. The molecule has 0 bridgehead atoms. The van der Waals surface area contributed by atoms with Gasteiger partial charge in [0.1, 0.15) is 5.56 Å². The molecule has 2 N–H and O–H groups in total. The van der Waals surface area contributed by atoms with Crippen molar-refractivity contribution in [3.63, 3.8) is 0 Å². The third kappa shape index (κ3) is 2.97. The van der Waals surface area contributed by atoms with E-state index in [2.05, 4.69) is 11.8 Å². The van der Waals surface area contributed by atoms with Crippen LogP contribution >= 0.6 is 11.6 Å². The normalized spacial score (nSPS) is 9.06. The molecule has 0 saturated carbocycles. The molecule has 5 nitrogen and oxygen atoms in total. The molecule has 0 aliphatic carbocycles. The minimum absolute atomic E-state index is 0.0930. The van der Waals surface area contributed by atoms with E-state index in [4.69, 9.17) is 17.3 Å². The number of carbonyl (C=O) groups excluding carboxylic acids is 1. The van der Waals surface area contributed by atoms with Gasteiger partial charge in [0.25, 0.3) is 5.69 Å². The molecule has 0 heterocycles. The zero-order valence-electron chi connectivity index (χ0n) is 8.07. The molecule has 82 valence electrons. The number of rotatable bonds is 2. The van der Waals surface area contributed by atoms with Crippen LogP contribution in [0.1, 0.15) is 12.0 Å². The number of benzene rings is 1. The molecular formula is C10H7ClN2O3. The van der Waals surface area contributed by atoms with Crippen LogP contribution in [0.5, 0.6) is 0 Å². The molecule has 0 aromatic heterocycles. The average Bonchev–Trinajstić information content (AvgIpc) is 2.19. The Morgan fingerprint density at radius 3 is 2.81 bits per heavy atom. The second-order valence-corrected chi connectivity index (χ2v) is 3.24. The molecule has 1 aromatic rings. The van der Waals surface area contributed by atoms with Crippen molar-refractivity contribution in [3.05, 3.63) is 38.9 Å². The van der Waals surface area contributed by atoms with Gasteiger partial charge in [-0.25, -0.2) is 0 Å². The fourth-order valence-electron chi connectivity index (χ4n) is 1.01. The van der Waals surface area contributed by atoms with Gasteiger partial charge >= 0.3 is 0 Å². The number of hydrogen-bond acceptors (Lipinski definition) is 3. The molecule has 0 fully saturated rings. The summed E-state index contributed by atoms with van der Waals surface area (Å²) in [6.07, 6.45) is -0.164. The van der Waals surface area contributed by atoms with E-state index in [-0.39, 0.29) is 22.7 Å². The number of hydrogen-bond donors (Lipinski definition) is 1. The van der Waals surface area contributed by atoms with Crippen molar-refractivity contribution in [3.8, 4) is 11.8 Å². The van der Waals surface area contributed by atoms with Crippen molar-refractivity contribution in [2.45, 2.75) is 6.42 Å². The summed E-state index contributed by atoms with van der Waals surface area (Å²) in [6, 6.07) is 4.24. The highest BCUT2D eigenvalue weighted by Crippen LogP contribution is 2.24. The summed E-state index contributed by atoms with van der Waals surface area (Å²) in [4.78, 5) is 20.5. The summed E-state index contributed by atoms with van der Waals surface area (Å²) in [5, 5.41) is 10.8. The molecule has 0 atom stereocenters. The van der Waals surface area contributed by atoms with Crippen LogP contribution in [0.2, 0.25) is 5.02 Å². The van der Waals surface area contributed by atoms with Gasteiger partial charge in [-0.05, 0) is 6.07 Å². The molecule has 0 saturated heterocycles. The van der Waals surface area contributed by atoms with Crippen molar-refractivity contribution < 1.29 is 9.72 Å². The maximum atomic E-state index is 10.7. The minimum atomic E-state index is -0.595. The zero-order valence-corrected chi connectivity index (χ0v) is 8.82. The van der Waals surface area contributed by atoms with Crippen LogP contribution in [0.4, 0.5) is 5.69 Å². The van der Waals surface area contributed by atoms with E-state index in [1.54, 1.807) is 0 Å². The largest absolute Gasteiger partial charge is 0.369 e. The second kappa shape index (κ2) is 5.14. The molecule has 0 aliphatic rings. The molecule has 1 rings (SSSR count). The second-order valence-electron chi connectivity index (χ2n) is 2.84. The van der Waals surface area contributed by atoms with Gasteiger partial charge in [-0.15, -0.1) is 0 Å². The predicted octanol–water partition coefficient (Wildman–Crippen LogP) is 1.48. The number of halogens is 1. The molecular weight excluding hydrogens is 232 g/mol. The first-order valence-electron chi connectivity index (χ1n) is 4.22. The van der Waals surface area contributed by atoms with E-state index in [0.717, 1.165) is 0 Å². The molecule has 1 aromatic carbocycles. The first-order valence-corrected chi connectivity index (χ1v) is 4.60. The number of nitrogens with zero attached hydrogens (tertiary/aromatic N) is 1. The molecule has 0 aliphatic heterocycles. The minimum Gasteiger partial charge on any atom is -0.369 e. The Kier molecular flexibility index (Phi) is 3.86. The molecule has 1 amide bonds. The summed E-state index contributed by atoms with van der Waals surface area (Å²) in [5.74, 6) is 4.30. The van der Waals surface area contributed by atoms with E-state index < -0.39 is 10.8 Å². The standard InChI is InChI=1S/C10H7ClN2O3/c11-8-4-2-5-9(13(15)16)7(8)3-1-6-10(12)14/h2,4-5H,6H2,(H2,12,14). The highest BCUT2D eigenvalue weighted by Gasteiger charge is 2.14. The molecule has 0 unspecified atom stereocenters. The number of nitro benzene ring substituents is 1. The summed E-state index contributed by atoms with van der Waals surface area (Å²) in [7, 11) is 0. The maximum Gasteiger partial charge on any atom is 0.286 e.